The minimum Gasteiger partial charge on any atom is -0.366 e. The fourth-order valence-corrected chi connectivity index (χ4v) is 3.27. The molecule has 2 aliphatic rings. The summed E-state index contributed by atoms with van der Waals surface area (Å²) in [6.45, 7) is 4.69. The Labute approximate surface area is 137 Å². The van der Waals surface area contributed by atoms with E-state index in [1.807, 2.05) is 17.0 Å². The highest BCUT2D eigenvalue weighted by Gasteiger charge is 2.36. The maximum Gasteiger partial charge on any atom is 0.248 e. The smallest absolute Gasteiger partial charge is 0.248 e. The van der Waals surface area contributed by atoms with Crippen LogP contribution in [0.4, 0.5) is 0 Å². The molecule has 2 atom stereocenters. The molecule has 2 amide bonds. The maximum absolute atomic E-state index is 12.1. The van der Waals surface area contributed by atoms with Crippen molar-refractivity contribution in [1.82, 2.24) is 10.2 Å². The molecule has 2 fully saturated rings. The molecule has 5 heteroatoms. The van der Waals surface area contributed by atoms with Gasteiger partial charge < -0.3 is 16.0 Å². The van der Waals surface area contributed by atoms with E-state index in [0.717, 1.165) is 44.5 Å². The lowest BCUT2D eigenvalue weighted by molar-refractivity contribution is -0.134. The first kappa shape index (κ1) is 16.0. The predicted molar refractivity (Wildman–Crippen MR) is 88.7 cm³/mol. The molecule has 1 aliphatic carbocycles. The van der Waals surface area contributed by atoms with Crippen molar-refractivity contribution in [3.63, 3.8) is 0 Å². The normalized spacial score (nSPS) is 24.5. The summed E-state index contributed by atoms with van der Waals surface area (Å²) in [5.74, 6) is 0.731. The third-order valence-electron chi connectivity index (χ3n) is 4.95. The summed E-state index contributed by atoms with van der Waals surface area (Å²) in [5.41, 5.74) is 6.92. The molecular weight excluding hydrogens is 290 g/mol. The summed E-state index contributed by atoms with van der Waals surface area (Å²) in [4.78, 5) is 25.3. The highest BCUT2D eigenvalue weighted by molar-refractivity contribution is 5.92. The molecule has 0 bridgehead atoms. The molecule has 3 N–H and O–H groups in total. The fourth-order valence-electron chi connectivity index (χ4n) is 3.27. The number of nitrogens with one attached hydrogen (secondary N) is 1. The molecule has 0 unspecified atom stereocenters. The Bertz CT molecular complexity index is 580. The van der Waals surface area contributed by atoms with Crippen molar-refractivity contribution in [2.45, 2.75) is 38.8 Å². The topological polar surface area (TPSA) is 75.4 Å². The van der Waals surface area contributed by atoms with Crippen LogP contribution in [0.1, 0.15) is 42.1 Å². The molecule has 0 aromatic heterocycles. The molecule has 1 saturated carbocycles. The zero-order chi connectivity index (χ0) is 16.4. The van der Waals surface area contributed by atoms with Crippen LogP contribution >= 0.6 is 0 Å². The lowest BCUT2D eigenvalue weighted by atomic mass is 9.93. The molecule has 1 aliphatic heterocycles. The van der Waals surface area contributed by atoms with Crippen molar-refractivity contribution in [3.8, 4) is 0 Å². The van der Waals surface area contributed by atoms with E-state index in [1.165, 1.54) is 0 Å². The number of hydrogen-bond acceptors (Lipinski definition) is 3. The summed E-state index contributed by atoms with van der Waals surface area (Å²) in [6, 6.07) is 7.82. The minimum absolute atomic E-state index is 0.315. The Morgan fingerprint density at radius 3 is 2.48 bits per heavy atom. The van der Waals surface area contributed by atoms with Gasteiger partial charge in [0.2, 0.25) is 11.8 Å². The van der Waals surface area contributed by atoms with Crippen LogP contribution in [0.3, 0.4) is 0 Å². The molecule has 3 rings (SSSR count). The average molecular weight is 315 g/mol. The van der Waals surface area contributed by atoms with Crippen LogP contribution < -0.4 is 11.1 Å². The van der Waals surface area contributed by atoms with Gasteiger partial charge >= 0.3 is 0 Å². The number of rotatable bonds is 5. The number of likely N-dealkylation sites (tertiary alicyclic amines) is 1. The first-order chi connectivity index (χ1) is 11.0. The predicted octanol–water partition coefficient (Wildman–Crippen LogP) is 1.52. The summed E-state index contributed by atoms with van der Waals surface area (Å²) < 4.78 is 0. The lowest BCUT2D eigenvalue weighted by Crippen LogP contribution is -2.50. The van der Waals surface area contributed by atoms with Crippen LogP contribution in [-0.2, 0) is 11.3 Å². The van der Waals surface area contributed by atoms with Crippen LogP contribution in [-0.4, -0.2) is 35.8 Å². The fraction of sp³-hybridized carbons (Fsp3) is 0.556. The number of piperidine rings is 1. The number of nitrogens with two attached hydrogens (primary N) is 1. The van der Waals surface area contributed by atoms with Crippen LogP contribution in [0.5, 0.6) is 0 Å². The molecule has 1 saturated heterocycles. The molecular formula is C18H25N3O2. The lowest BCUT2D eigenvalue weighted by Gasteiger charge is -2.37. The van der Waals surface area contributed by atoms with Gasteiger partial charge in [-0.15, -0.1) is 0 Å². The molecule has 0 radical (unpaired) electrons. The van der Waals surface area contributed by atoms with Gasteiger partial charge in [-0.25, -0.2) is 0 Å². The van der Waals surface area contributed by atoms with Crippen molar-refractivity contribution in [2.75, 3.05) is 13.1 Å². The van der Waals surface area contributed by atoms with Gasteiger partial charge in [-0.1, -0.05) is 19.1 Å². The van der Waals surface area contributed by atoms with Gasteiger partial charge in [0.15, 0.2) is 0 Å². The average Bonchev–Trinajstić information content (AvgIpc) is 3.38. The van der Waals surface area contributed by atoms with Crippen LogP contribution in [0.25, 0.3) is 0 Å². The number of primary amides is 1. The second-order valence-electron chi connectivity index (χ2n) is 6.87. The molecule has 0 spiro atoms. The van der Waals surface area contributed by atoms with E-state index in [0.29, 0.717) is 29.3 Å². The van der Waals surface area contributed by atoms with Crippen molar-refractivity contribution in [2.24, 2.45) is 17.6 Å². The number of hydrogen-bond donors (Lipinski definition) is 2. The van der Waals surface area contributed by atoms with Crippen LogP contribution in [0, 0.1) is 11.8 Å². The van der Waals surface area contributed by atoms with Crippen molar-refractivity contribution in [1.29, 1.82) is 0 Å². The number of benzene rings is 1. The second kappa shape index (κ2) is 6.71. The van der Waals surface area contributed by atoms with Gasteiger partial charge in [0, 0.05) is 37.2 Å². The highest BCUT2D eigenvalue weighted by atomic mass is 16.2. The Kier molecular flexibility index (Phi) is 4.66. The van der Waals surface area contributed by atoms with Crippen molar-refractivity contribution in [3.05, 3.63) is 35.4 Å². The van der Waals surface area contributed by atoms with E-state index < -0.39 is 5.91 Å². The van der Waals surface area contributed by atoms with Gasteiger partial charge in [-0.2, -0.15) is 0 Å². The summed E-state index contributed by atoms with van der Waals surface area (Å²) in [7, 11) is 0. The van der Waals surface area contributed by atoms with Gasteiger partial charge in [0.05, 0.1) is 0 Å². The molecule has 23 heavy (non-hydrogen) atoms. The summed E-state index contributed by atoms with van der Waals surface area (Å²) in [6.07, 6.45) is 3.15. The zero-order valence-corrected chi connectivity index (χ0v) is 13.6. The monoisotopic (exact) mass is 315 g/mol. The first-order valence-corrected chi connectivity index (χ1v) is 8.45. The van der Waals surface area contributed by atoms with E-state index in [1.54, 1.807) is 12.1 Å². The van der Waals surface area contributed by atoms with Gasteiger partial charge in [0.25, 0.3) is 0 Å². The minimum atomic E-state index is -0.397. The summed E-state index contributed by atoms with van der Waals surface area (Å²) >= 11 is 0. The van der Waals surface area contributed by atoms with E-state index in [9.17, 15) is 9.59 Å². The number of carbonyl (C=O) groups is 2. The molecule has 1 aromatic carbocycles. The van der Waals surface area contributed by atoms with E-state index >= 15 is 0 Å². The second-order valence-corrected chi connectivity index (χ2v) is 6.87. The number of carbonyl (C=O) groups excluding carboxylic acids is 2. The van der Waals surface area contributed by atoms with E-state index in [2.05, 4.69) is 12.2 Å². The van der Waals surface area contributed by atoms with Gasteiger partial charge in [-0.05, 0) is 42.9 Å². The van der Waals surface area contributed by atoms with Crippen molar-refractivity contribution < 1.29 is 9.59 Å². The largest absolute Gasteiger partial charge is 0.366 e. The highest BCUT2D eigenvalue weighted by Crippen LogP contribution is 2.32. The molecule has 124 valence electrons. The Hall–Kier alpha value is -1.88. The van der Waals surface area contributed by atoms with E-state index in [4.69, 9.17) is 5.73 Å². The van der Waals surface area contributed by atoms with Crippen LogP contribution in [0.2, 0.25) is 0 Å². The molecule has 1 heterocycles. The summed E-state index contributed by atoms with van der Waals surface area (Å²) in [5, 5.41) is 3.59. The SMILES string of the molecule is C[C@@H]1CN(C(=O)C2CC2)CC[C@@H]1NCc1ccc(C(N)=O)cc1. The Morgan fingerprint density at radius 2 is 1.91 bits per heavy atom. The molecule has 5 nitrogen and oxygen atoms in total. The standard InChI is InChI=1S/C18H25N3O2/c1-12-11-21(18(23)15-6-7-15)9-8-16(12)20-10-13-2-4-14(5-3-13)17(19)22/h2-5,12,15-16,20H,6-11H2,1H3,(H2,19,22)/t12-,16+/m1/s1. The van der Waals surface area contributed by atoms with Gasteiger partial charge in [0.1, 0.15) is 0 Å². The maximum atomic E-state index is 12.1. The van der Waals surface area contributed by atoms with Gasteiger partial charge in [-0.3, -0.25) is 9.59 Å². The quantitative estimate of drug-likeness (QED) is 0.865. The zero-order valence-electron chi connectivity index (χ0n) is 13.6. The third kappa shape index (κ3) is 3.91. The Balaban J connectivity index is 1.49. The number of nitrogens with zero attached hydrogens (tertiary/aromatic N) is 1. The molecule has 1 aromatic rings. The van der Waals surface area contributed by atoms with Crippen LogP contribution in [0.15, 0.2) is 24.3 Å². The van der Waals surface area contributed by atoms with E-state index in [-0.39, 0.29) is 0 Å². The third-order valence-corrected chi connectivity index (χ3v) is 4.95. The Morgan fingerprint density at radius 1 is 1.22 bits per heavy atom. The van der Waals surface area contributed by atoms with Crippen molar-refractivity contribution >= 4 is 11.8 Å². The first-order valence-electron chi connectivity index (χ1n) is 8.45. The number of amides is 2.